The maximum atomic E-state index is 12.1. The van der Waals surface area contributed by atoms with Gasteiger partial charge in [0.05, 0.1) is 12.7 Å². The summed E-state index contributed by atoms with van der Waals surface area (Å²) in [4.78, 5) is 11.2. The van der Waals surface area contributed by atoms with E-state index < -0.39 is 16.1 Å². The van der Waals surface area contributed by atoms with E-state index in [0.717, 1.165) is 17.9 Å². The minimum absolute atomic E-state index is 0.122. The number of hydrogen-bond donors (Lipinski definition) is 0. The van der Waals surface area contributed by atoms with E-state index in [1.165, 1.54) is 0 Å². The van der Waals surface area contributed by atoms with Crippen LogP contribution in [0.1, 0.15) is 23.6 Å². The molecule has 0 aliphatic heterocycles. The molecule has 0 aliphatic rings. The minimum atomic E-state index is -3.94. The largest absolute Gasteiger partial charge is 0.463 e. The Balaban J connectivity index is 2.99. The van der Waals surface area contributed by atoms with Crippen molar-refractivity contribution in [3.8, 4) is 0 Å². The lowest BCUT2D eigenvalue weighted by atomic mass is 10.1. The van der Waals surface area contributed by atoms with E-state index in [1.54, 1.807) is 32.9 Å². The molecule has 0 radical (unpaired) electrons. The highest BCUT2D eigenvalue weighted by molar-refractivity contribution is 7.87. The van der Waals surface area contributed by atoms with Crippen molar-refractivity contribution in [3.05, 3.63) is 41.2 Å². The van der Waals surface area contributed by atoms with E-state index in [4.69, 9.17) is 4.18 Å². The molecule has 0 heterocycles. The first-order valence-electron chi connectivity index (χ1n) is 6.12. The average Bonchev–Trinajstić information content (AvgIpc) is 2.26. The van der Waals surface area contributed by atoms with Gasteiger partial charge in [0.1, 0.15) is 11.2 Å². The average molecular weight is 298 g/mol. The van der Waals surface area contributed by atoms with Gasteiger partial charge in [0.2, 0.25) is 0 Å². The highest BCUT2D eigenvalue weighted by Gasteiger charge is 2.20. The van der Waals surface area contributed by atoms with Gasteiger partial charge in [-0.25, -0.2) is 4.79 Å². The maximum Gasteiger partial charge on any atom is 0.339 e. The quantitative estimate of drug-likeness (QED) is 0.361. The van der Waals surface area contributed by atoms with Crippen molar-refractivity contribution in [1.82, 2.24) is 0 Å². The zero-order valence-electron chi connectivity index (χ0n) is 12.0. The van der Waals surface area contributed by atoms with Crippen molar-refractivity contribution < 1.29 is 22.1 Å². The molecule has 0 aliphatic carbocycles. The predicted octanol–water partition coefficient (Wildman–Crippen LogP) is 2.39. The molecule has 6 heteroatoms. The van der Waals surface area contributed by atoms with Crippen molar-refractivity contribution in [2.45, 2.75) is 32.6 Å². The number of aryl methyl sites for hydroxylation is 3. The molecule has 0 saturated carbocycles. The van der Waals surface area contributed by atoms with Crippen LogP contribution in [0.4, 0.5) is 0 Å². The first-order valence-corrected chi connectivity index (χ1v) is 7.53. The van der Waals surface area contributed by atoms with Gasteiger partial charge in [-0.05, 0) is 38.8 Å². The van der Waals surface area contributed by atoms with Gasteiger partial charge in [-0.3, -0.25) is 0 Å². The first kappa shape index (κ1) is 16.2. The van der Waals surface area contributed by atoms with Crippen LogP contribution in [-0.4, -0.2) is 21.0 Å². The van der Waals surface area contributed by atoms with E-state index in [0.29, 0.717) is 11.1 Å². The van der Waals surface area contributed by atoms with Gasteiger partial charge in [-0.1, -0.05) is 17.7 Å². The van der Waals surface area contributed by atoms with Crippen LogP contribution in [0.3, 0.4) is 0 Å². The molecule has 1 aromatic rings. The van der Waals surface area contributed by atoms with E-state index in [9.17, 15) is 13.2 Å². The lowest BCUT2D eigenvalue weighted by molar-refractivity contribution is -0.137. The summed E-state index contributed by atoms with van der Waals surface area (Å²) in [6, 6.07) is 3.52. The molecule has 0 saturated heterocycles. The molecule has 0 atom stereocenters. The van der Waals surface area contributed by atoms with Crippen LogP contribution in [0.25, 0.3) is 0 Å². The molecule has 1 rings (SSSR count). The standard InChI is InChI=1S/C14H18O5S/c1-5-18-13(15)6-7-19-20(16,17)14-11(3)8-10(2)9-12(14)4/h6-9H,5H2,1-4H3/b7-6-. The van der Waals surface area contributed by atoms with Crippen LogP contribution in [0, 0.1) is 20.8 Å². The Labute approximate surface area is 119 Å². The van der Waals surface area contributed by atoms with Crippen LogP contribution in [0.15, 0.2) is 29.4 Å². The fraction of sp³-hybridized carbons (Fsp3) is 0.357. The number of carbonyl (C=O) groups excluding carboxylic acids is 1. The summed E-state index contributed by atoms with van der Waals surface area (Å²) in [5.74, 6) is -0.653. The summed E-state index contributed by atoms with van der Waals surface area (Å²) in [5, 5.41) is 0. The smallest absolute Gasteiger partial charge is 0.339 e. The zero-order chi connectivity index (χ0) is 15.3. The highest BCUT2D eigenvalue weighted by atomic mass is 32.2. The fourth-order valence-electron chi connectivity index (χ4n) is 1.96. The van der Waals surface area contributed by atoms with Crippen LogP contribution in [0.5, 0.6) is 0 Å². The molecule has 0 N–H and O–H groups in total. The molecule has 0 bridgehead atoms. The van der Waals surface area contributed by atoms with Gasteiger partial charge in [0.25, 0.3) is 0 Å². The molecule has 0 spiro atoms. The summed E-state index contributed by atoms with van der Waals surface area (Å²) >= 11 is 0. The molecular weight excluding hydrogens is 280 g/mol. The second-order valence-corrected chi connectivity index (χ2v) is 5.84. The molecule has 20 heavy (non-hydrogen) atoms. The molecule has 0 unspecified atom stereocenters. The van der Waals surface area contributed by atoms with Crippen molar-refractivity contribution in [2.24, 2.45) is 0 Å². The van der Waals surface area contributed by atoms with Gasteiger partial charge in [0, 0.05) is 0 Å². The lowest BCUT2D eigenvalue weighted by Gasteiger charge is -2.10. The van der Waals surface area contributed by atoms with Crippen LogP contribution < -0.4 is 0 Å². The first-order chi connectivity index (χ1) is 9.27. The normalized spacial score (nSPS) is 11.6. The Hall–Kier alpha value is -1.82. The second-order valence-electron chi connectivity index (χ2n) is 4.33. The number of esters is 1. The van der Waals surface area contributed by atoms with Crippen LogP contribution in [0.2, 0.25) is 0 Å². The highest BCUT2D eigenvalue weighted by Crippen LogP contribution is 2.23. The zero-order valence-corrected chi connectivity index (χ0v) is 12.8. The third kappa shape index (κ3) is 4.09. The van der Waals surface area contributed by atoms with E-state index in [-0.39, 0.29) is 11.5 Å². The molecule has 0 aromatic heterocycles. The summed E-state index contributed by atoms with van der Waals surface area (Å²) in [5.41, 5.74) is 2.18. The summed E-state index contributed by atoms with van der Waals surface area (Å²) in [7, 11) is -3.94. The van der Waals surface area contributed by atoms with Crippen molar-refractivity contribution in [2.75, 3.05) is 6.61 Å². The summed E-state index contributed by atoms with van der Waals surface area (Å²) < 4.78 is 33.5. The minimum Gasteiger partial charge on any atom is -0.463 e. The number of carbonyl (C=O) groups is 1. The molecular formula is C14H18O5S. The maximum absolute atomic E-state index is 12.1. The Bertz CT molecular complexity index is 606. The van der Waals surface area contributed by atoms with Gasteiger partial charge in [0.15, 0.2) is 0 Å². The second kappa shape index (κ2) is 6.56. The summed E-state index contributed by atoms with van der Waals surface area (Å²) in [6.07, 6.45) is 1.76. The van der Waals surface area contributed by atoms with E-state index in [1.807, 2.05) is 6.92 Å². The van der Waals surface area contributed by atoms with Gasteiger partial charge in [-0.2, -0.15) is 8.42 Å². The van der Waals surface area contributed by atoms with Crippen molar-refractivity contribution in [3.63, 3.8) is 0 Å². The van der Waals surface area contributed by atoms with Gasteiger partial charge in [-0.15, -0.1) is 0 Å². The van der Waals surface area contributed by atoms with Gasteiger partial charge >= 0.3 is 16.1 Å². The van der Waals surface area contributed by atoms with Crippen molar-refractivity contribution >= 4 is 16.1 Å². The van der Waals surface area contributed by atoms with E-state index in [2.05, 4.69) is 4.74 Å². The number of benzene rings is 1. The number of rotatable bonds is 5. The molecule has 5 nitrogen and oxygen atoms in total. The van der Waals surface area contributed by atoms with Crippen LogP contribution in [-0.2, 0) is 23.8 Å². The third-order valence-corrected chi connectivity index (χ3v) is 4.04. The Morgan fingerprint density at radius 3 is 2.25 bits per heavy atom. The molecule has 0 amide bonds. The molecule has 0 fully saturated rings. The molecule has 110 valence electrons. The Morgan fingerprint density at radius 2 is 1.75 bits per heavy atom. The third-order valence-electron chi connectivity index (χ3n) is 2.53. The lowest BCUT2D eigenvalue weighted by Crippen LogP contribution is -2.08. The van der Waals surface area contributed by atoms with E-state index >= 15 is 0 Å². The molecule has 1 aromatic carbocycles. The van der Waals surface area contributed by atoms with Crippen LogP contribution >= 0.6 is 0 Å². The number of ether oxygens (including phenoxy) is 1. The predicted molar refractivity (Wildman–Crippen MR) is 74.7 cm³/mol. The van der Waals surface area contributed by atoms with Crippen molar-refractivity contribution in [1.29, 1.82) is 0 Å². The Kier molecular flexibility index (Phi) is 5.33. The number of hydrogen-bond acceptors (Lipinski definition) is 5. The topological polar surface area (TPSA) is 69.7 Å². The van der Waals surface area contributed by atoms with Gasteiger partial charge < -0.3 is 8.92 Å². The summed E-state index contributed by atoms with van der Waals surface area (Å²) in [6.45, 7) is 7.16. The Morgan fingerprint density at radius 1 is 1.20 bits per heavy atom. The fourth-order valence-corrected chi connectivity index (χ4v) is 3.16. The SMILES string of the molecule is CCOC(=O)/C=C\OS(=O)(=O)c1c(C)cc(C)cc1C. The monoisotopic (exact) mass is 298 g/mol.